The van der Waals surface area contributed by atoms with Crippen LogP contribution >= 0.6 is 11.6 Å². The fourth-order valence-electron chi connectivity index (χ4n) is 2.58. The van der Waals surface area contributed by atoms with E-state index in [1.165, 1.54) is 6.07 Å². The van der Waals surface area contributed by atoms with E-state index in [1.54, 1.807) is 12.1 Å². The summed E-state index contributed by atoms with van der Waals surface area (Å²) in [5, 5.41) is 0.270. The second-order valence-electron chi connectivity index (χ2n) is 5.90. The van der Waals surface area contributed by atoms with E-state index in [0.29, 0.717) is 11.5 Å². The molecule has 0 aromatic heterocycles. The van der Waals surface area contributed by atoms with Crippen molar-refractivity contribution in [1.82, 2.24) is 4.90 Å². The van der Waals surface area contributed by atoms with Crippen LogP contribution in [0.1, 0.15) is 36.5 Å². The van der Waals surface area contributed by atoms with E-state index in [9.17, 15) is 13.2 Å². The summed E-state index contributed by atoms with van der Waals surface area (Å²) in [5.41, 5.74) is 0.684. The number of benzene rings is 1. The van der Waals surface area contributed by atoms with E-state index in [-0.39, 0.29) is 16.6 Å². The van der Waals surface area contributed by atoms with Gasteiger partial charge in [0.1, 0.15) is 0 Å². The van der Waals surface area contributed by atoms with Crippen LogP contribution in [-0.4, -0.2) is 38.6 Å². The molecule has 0 saturated carbocycles. The van der Waals surface area contributed by atoms with Crippen LogP contribution in [0.2, 0.25) is 5.02 Å². The first-order valence-corrected chi connectivity index (χ1v) is 9.60. The Morgan fingerprint density at radius 2 is 2.05 bits per heavy atom. The Morgan fingerprint density at radius 3 is 2.73 bits per heavy atom. The number of anilines is 1. The Labute approximate surface area is 136 Å². The Kier molecular flexibility index (Phi) is 5.34. The van der Waals surface area contributed by atoms with Crippen molar-refractivity contribution in [3.8, 4) is 0 Å². The lowest BCUT2D eigenvalue weighted by molar-refractivity contribution is 0.0760. The van der Waals surface area contributed by atoms with Crippen LogP contribution in [0, 0.1) is 5.92 Å². The number of hydrogen-bond acceptors (Lipinski definition) is 3. The maximum atomic E-state index is 12.6. The second-order valence-corrected chi connectivity index (χ2v) is 8.05. The third kappa shape index (κ3) is 4.61. The molecule has 1 unspecified atom stereocenters. The number of nitrogens with one attached hydrogen (secondary N) is 1. The summed E-state index contributed by atoms with van der Waals surface area (Å²) in [6.07, 6.45) is 4.17. The Hall–Kier alpha value is -1.27. The third-order valence-electron chi connectivity index (χ3n) is 3.81. The van der Waals surface area contributed by atoms with Gasteiger partial charge in [-0.3, -0.25) is 9.52 Å². The van der Waals surface area contributed by atoms with Gasteiger partial charge in [0, 0.05) is 18.7 Å². The van der Waals surface area contributed by atoms with Gasteiger partial charge in [-0.05, 0) is 43.4 Å². The number of hydrogen-bond donors (Lipinski definition) is 1. The monoisotopic (exact) mass is 344 g/mol. The maximum absolute atomic E-state index is 12.6. The number of rotatable bonds is 3. The molecule has 122 valence electrons. The number of halogens is 1. The van der Waals surface area contributed by atoms with Gasteiger partial charge in [-0.2, -0.15) is 0 Å². The zero-order valence-electron chi connectivity index (χ0n) is 12.8. The van der Waals surface area contributed by atoms with Crippen LogP contribution in [0.5, 0.6) is 0 Å². The van der Waals surface area contributed by atoms with Gasteiger partial charge < -0.3 is 4.90 Å². The van der Waals surface area contributed by atoms with E-state index in [4.69, 9.17) is 11.6 Å². The van der Waals surface area contributed by atoms with Gasteiger partial charge in [-0.15, -0.1) is 0 Å². The van der Waals surface area contributed by atoms with E-state index < -0.39 is 10.0 Å². The molecule has 0 radical (unpaired) electrons. The van der Waals surface area contributed by atoms with Crippen molar-refractivity contribution in [3.05, 3.63) is 28.8 Å². The minimum absolute atomic E-state index is 0.0812. The SMILES string of the molecule is CC1CCCN(C(=O)c2ccc(Cl)c(NS(C)(=O)=O)c2)CC1. The Balaban J connectivity index is 2.21. The molecule has 1 amide bonds. The smallest absolute Gasteiger partial charge is 0.253 e. The topological polar surface area (TPSA) is 66.5 Å². The van der Waals surface area contributed by atoms with E-state index >= 15 is 0 Å². The molecule has 1 aliphatic rings. The van der Waals surface area contributed by atoms with Crippen LogP contribution in [0.3, 0.4) is 0 Å². The fourth-order valence-corrected chi connectivity index (χ4v) is 3.37. The van der Waals surface area contributed by atoms with Crippen molar-refractivity contribution in [2.75, 3.05) is 24.1 Å². The van der Waals surface area contributed by atoms with Gasteiger partial charge in [0.15, 0.2) is 0 Å². The quantitative estimate of drug-likeness (QED) is 0.916. The minimum atomic E-state index is -3.44. The average Bonchev–Trinajstić information content (AvgIpc) is 2.64. The average molecular weight is 345 g/mol. The van der Waals surface area contributed by atoms with Crippen molar-refractivity contribution in [1.29, 1.82) is 0 Å². The normalized spacial score (nSPS) is 19.6. The van der Waals surface area contributed by atoms with E-state index in [0.717, 1.165) is 38.6 Å². The molecule has 0 spiro atoms. The molecule has 1 aromatic rings. The second kappa shape index (κ2) is 6.87. The third-order valence-corrected chi connectivity index (χ3v) is 4.73. The first-order chi connectivity index (χ1) is 10.3. The minimum Gasteiger partial charge on any atom is -0.339 e. The van der Waals surface area contributed by atoms with Gasteiger partial charge in [0.25, 0.3) is 5.91 Å². The van der Waals surface area contributed by atoms with Gasteiger partial charge in [0.2, 0.25) is 10.0 Å². The summed E-state index contributed by atoms with van der Waals surface area (Å²) in [5.74, 6) is 0.549. The molecular formula is C15H21ClN2O3S. The lowest BCUT2D eigenvalue weighted by atomic mass is 10.0. The van der Waals surface area contributed by atoms with Gasteiger partial charge in [-0.1, -0.05) is 18.5 Å². The molecule has 1 heterocycles. The summed E-state index contributed by atoms with van der Waals surface area (Å²) in [4.78, 5) is 14.4. The number of likely N-dealkylation sites (tertiary alicyclic amines) is 1. The van der Waals surface area contributed by atoms with Gasteiger partial charge in [0.05, 0.1) is 17.0 Å². The zero-order valence-corrected chi connectivity index (χ0v) is 14.4. The van der Waals surface area contributed by atoms with Crippen LogP contribution in [0.25, 0.3) is 0 Å². The van der Waals surface area contributed by atoms with E-state index in [2.05, 4.69) is 11.6 Å². The first kappa shape index (κ1) is 17.1. The number of nitrogens with zero attached hydrogens (tertiary/aromatic N) is 1. The molecule has 0 aliphatic carbocycles. The highest BCUT2D eigenvalue weighted by molar-refractivity contribution is 7.92. The summed E-state index contributed by atoms with van der Waals surface area (Å²) < 4.78 is 25.0. The summed E-state index contributed by atoms with van der Waals surface area (Å²) >= 11 is 5.99. The number of carbonyl (C=O) groups excluding carboxylic acids is 1. The standard InChI is InChI=1S/C15H21ClN2O3S/c1-11-4-3-8-18(9-7-11)15(19)12-5-6-13(16)14(10-12)17-22(2,20)21/h5-6,10-11,17H,3-4,7-9H2,1-2H3. The largest absolute Gasteiger partial charge is 0.339 e. The van der Waals surface area contributed by atoms with Crippen LogP contribution < -0.4 is 4.72 Å². The predicted molar refractivity (Wildman–Crippen MR) is 88.8 cm³/mol. The summed E-state index contributed by atoms with van der Waals surface area (Å²) in [6.45, 7) is 3.67. The zero-order chi connectivity index (χ0) is 16.3. The molecule has 2 rings (SSSR count). The van der Waals surface area contributed by atoms with Crippen LogP contribution in [-0.2, 0) is 10.0 Å². The molecule has 1 N–H and O–H groups in total. The maximum Gasteiger partial charge on any atom is 0.253 e. The molecule has 1 atom stereocenters. The molecule has 0 bridgehead atoms. The summed E-state index contributed by atoms with van der Waals surface area (Å²) in [6, 6.07) is 4.68. The first-order valence-electron chi connectivity index (χ1n) is 7.33. The molecule has 22 heavy (non-hydrogen) atoms. The molecule has 5 nitrogen and oxygen atoms in total. The fraction of sp³-hybridized carbons (Fsp3) is 0.533. The molecular weight excluding hydrogens is 324 g/mol. The number of sulfonamides is 1. The van der Waals surface area contributed by atoms with Crippen LogP contribution in [0.4, 0.5) is 5.69 Å². The Morgan fingerprint density at radius 1 is 1.32 bits per heavy atom. The predicted octanol–water partition coefficient (Wildman–Crippen LogP) is 2.97. The number of carbonyl (C=O) groups is 1. The van der Waals surface area contributed by atoms with Crippen molar-refractivity contribution in [2.45, 2.75) is 26.2 Å². The van der Waals surface area contributed by atoms with Crippen molar-refractivity contribution >= 4 is 33.2 Å². The lowest BCUT2D eigenvalue weighted by Gasteiger charge is -2.21. The van der Waals surface area contributed by atoms with Crippen molar-refractivity contribution < 1.29 is 13.2 Å². The molecule has 1 aromatic carbocycles. The summed E-state index contributed by atoms with van der Waals surface area (Å²) in [7, 11) is -3.44. The van der Waals surface area contributed by atoms with Gasteiger partial charge in [-0.25, -0.2) is 8.42 Å². The molecule has 7 heteroatoms. The van der Waals surface area contributed by atoms with E-state index in [1.807, 2.05) is 4.90 Å². The lowest BCUT2D eigenvalue weighted by Crippen LogP contribution is -2.32. The van der Waals surface area contributed by atoms with Crippen molar-refractivity contribution in [2.24, 2.45) is 5.92 Å². The number of amides is 1. The molecule has 1 fully saturated rings. The Bertz CT molecular complexity index is 661. The highest BCUT2D eigenvalue weighted by atomic mass is 35.5. The molecule has 1 saturated heterocycles. The van der Waals surface area contributed by atoms with Crippen LogP contribution in [0.15, 0.2) is 18.2 Å². The highest BCUT2D eigenvalue weighted by Crippen LogP contribution is 2.25. The van der Waals surface area contributed by atoms with Crippen molar-refractivity contribution in [3.63, 3.8) is 0 Å². The van der Waals surface area contributed by atoms with Gasteiger partial charge >= 0.3 is 0 Å². The molecule has 1 aliphatic heterocycles. The highest BCUT2D eigenvalue weighted by Gasteiger charge is 2.20.